The fraction of sp³-hybridized carbons (Fsp3) is 0.105. The Kier molecular flexibility index (Phi) is 4.14. The lowest BCUT2D eigenvalue weighted by Gasteiger charge is -2.10. The van der Waals surface area contributed by atoms with Gasteiger partial charge in [0.05, 0.1) is 17.6 Å². The highest BCUT2D eigenvalue weighted by Crippen LogP contribution is 2.30. The average Bonchev–Trinajstić information content (AvgIpc) is 3.32. The molecule has 2 aromatic carbocycles. The monoisotopic (exact) mass is 363 g/mol. The molecular formula is C19H17N5OS. The number of hydrogen-bond acceptors (Lipinski definition) is 4. The van der Waals surface area contributed by atoms with Crippen LogP contribution in [0.5, 0.6) is 5.75 Å². The Bertz CT molecular complexity index is 1090. The Morgan fingerprint density at radius 2 is 1.88 bits per heavy atom. The lowest BCUT2D eigenvalue weighted by Crippen LogP contribution is -1.99. The first kappa shape index (κ1) is 16.3. The lowest BCUT2D eigenvalue weighted by atomic mass is 10.1. The Balaban J connectivity index is 1.82. The molecule has 0 aliphatic carbocycles. The minimum absolute atomic E-state index is 0.174. The molecule has 2 heterocycles. The number of nitrogens with one attached hydrogen (secondary N) is 1. The molecule has 0 saturated carbocycles. The van der Waals surface area contributed by atoms with Gasteiger partial charge in [0, 0.05) is 18.1 Å². The minimum atomic E-state index is 0.174. The number of phenolic OH excluding ortho intramolecular Hbond substituents is 1. The first-order chi connectivity index (χ1) is 12.7. The SMILES string of the molecule is CCc1ccc(O)c(-c2n[nH]c(=S)n2-c2ccc(-n3ccnc3)cc2)c1. The van der Waals surface area contributed by atoms with Gasteiger partial charge in [0.25, 0.3) is 0 Å². The standard InChI is InChI=1S/C19H17N5OS/c1-2-13-3-8-17(25)16(11-13)18-21-22-19(26)24(18)15-6-4-14(5-7-15)23-10-9-20-12-23/h3-12,25H,2H2,1H3,(H,22,26). The number of hydrogen-bond donors (Lipinski definition) is 2. The zero-order valence-electron chi connectivity index (χ0n) is 14.1. The fourth-order valence-corrected chi connectivity index (χ4v) is 3.12. The molecule has 0 saturated heterocycles. The average molecular weight is 363 g/mol. The van der Waals surface area contributed by atoms with Crippen LogP contribution in [0.1, 0.15) is 12.5 Å². The van der Waals surface area contributed by atoms with Crippen LogP contribution in [0.4, 0.5) is 0 Å². The third kappa shape index (κ3) is 2.82. The van der Waals surface area contributed by atoms with Gasteiger partial charge in [-0.2, -0.15) is 5.10 Å². The summed E-state index contributed by atoms with van der Waals surface area (Å²) in [5.41, 5.74) is 3.63. The van der Waals surface area contributed by atoms with Crippen molar-refractivity contribution in [3.8, 4) is 28.5 Å². The molecule has 4 rings (SSSR count). The third-order valence-corrected chi connectivity index (χ3v) is 4.57. The molecule has 7 heteroatoms. The van der Waals surface area contributed by atoms with E-state index >= 15 is 0 Å². The van der Waals surface area contributed by atoms with Crippen molar-refractivity contribution in [2.45, 2.75) is 13.3 Å². The molecule has 0 atom stereocenters. The van der Waals surface area contributed by atoms with Crippen LogP contribution in [0.3, 0.4) is 0 Å². The molecule has 0 bridgehead atoms. The molecule has 4 aromatic rings. The van der Waals surface area contributed by atoms with Gasteiger partial charge in [0.2, 0.25) is 0 Å². The number of aromatic amines is 1. The maximum Gasteiger partial charge on any atom is 0.200 e. The summed E-state index contributed by atoms with van der Waals surface area (Å²) in [6.07, 6.45) is 6.25. The van der Waals surface area contributed by atoms with E-state index in [9.17, 15) is 5.11 Å². The second-order valence-corrected chi connectivity index (χ2v) is 6.27. The molecule has 2 aromatic heterocycles. The fourth-order valence-electron chi connectivity index (χ4n) is 2.89. The van der Waals surface area contributed by atoms with Gasteiger partial charge in [-0.05, 0) is 60.6 Å². The lowest BCUT2D eigenvalue weighted by molar-refractivity contribution is 0.476. The van der Waals surface area contributed by atoms with Crippen molar-refractivity contribution in [1.29, 1.82) is 0 Å². The van der Waals surface area contributed by atoms with E-state index in [0.717, 1.165) is 23.4 Å². The number of imidazole rings is 1. The van der Waals surface area contributed by atoms with Crippen LogP contribution in [0.25, 0.3) is 22.8 Å². The largest absolute Gasteiger partial charge is 0.507 e. The topological polar surface area (TPSA) is 71.7 Å². The van der Waals surface area contributed by atoms with E-state index in [4.69, 9.17) is 12.2 Å². The first-order valence-corrected chi connectivity index (χ1v) is 8.66. The summed E-state index contributed by atoms with van der Waals surface area (Å²) in [4.78, 5) is 4.06. The summed E-state index contributed by atoms with van der Waals surface area (Å²) in [5.74, 6) is 0.755. The smallest absolute Gasteiger partial charge is 0.200 e. The van der Waals surface area contributed by atoms with Crippen molar-refractivity contribution < 1.29 is 5.11 Å². The molecule has 0 aliphatic rings. The highest BCUT2D eigenvalue weighted by Gasteiger charge is 2.15. The van der Waals surface area contributed by atoms with E-state index in [2.05, 4.69) is 22.1 Å². The summed E-state index contributed by atoms with van der Waals surface area (Å²) < 4.78 is 4.22. The van der Waals surface area contributed by atoms with Crippen LogP contribution in [-0.2, 0) is 6.42 Å². The van der Waals surface area contributed by atoms with Crippen molar-refractivity contribution >= 4 is 12.2 Å². The Morgan fingerprint density at radius 3 is 2.58 bits per heavy atom. The van der Waals surface area contributed by atoms with Crippen LogP contribution in [0.15, 0.2) is 61.2 Å². The molecule has 0 fully saturated rings. The quantitative estimate of drug-likeness (QED) is 0.537. The van der Waals surface area contributed by atoms with Crippen molar-refractivity contribution in [3.05, 3.63) is 71.5 Å². The van der Waals surface area contributed by atoms with Gasteiger partial charge >= 0.3 is 0 Å². The van der Waals surface area contributed by atoms with Gasteiger partial charge in [-0.15, -0.1) is 0 Å². The summed E-state index contributed by atoms with van der Waals surface area (Å²) in [7, 11) is 0. The Morgan fingerprint density at radius 1 is 1.12 bits per heavy atom. The van der Waals surface area contributed by atoms with Gasteiger partial charge in [0.1, 0.15) is 5.75 Å². The maximum absolute atomic E-state index is 10.3. The number of benzene rings is 2. The molecular weight excluding hydrogens is 346 g/mol. The summed E-state index contributed by atoms with van der Waals surface area (Å²) in [6, 6.07) is 13.4. The van der Waals surface area contributed by atoms with Crippen LogP contribution >= 0.6 is 12.2 Å². The number of aromatic nitrogens is 5. The molecule has 0 aliphatic heterocycles. The molecule has 130 valence electrons. The molecule has 0 radical (unpaired) electrons. The first-order valence-electron chi connectivity index (χ1n) is 8.26. The molecule has 26 heavy (non-hydrogen) atoms. The predicted octanol–water partition coefficient (Wildman–Crippen LogP) is 4.05. The van der Waals surface area contributed by atoms with Gasteiger partial charge < -0.3 is 9.67 Å². The van der Waals surface area contributed by atoms with Crippen LogP contribution in [0.2, 0.25) is 0 Å². The zero-order chi connectivity index (χ0) is 18.1. The summed E-state index contributed by atoms with van der Waals surface area (Å²) in [5, 5.41) is 17.5. The van der Waals surface area contributed by atoms with Crippen molar-refractivity contribution in [2.24, 2.45) is 0 Å². The number of nitrogens with zero attached hydrogens (tertiary/aromatic N) is 4. The highest BCUT2D eigenvalue weighted by atomic mass is 32.1. The van der Waals surface area contributed by atoms with Crippen molar-refractivity contribution in [1.82, 2.24) is 24.3 Å². The van der Waals surface area contributed by atoms with E-state index in [1.165, 1.54) is 0 Å². The highest BCUT2D eigenvalue weighted by molar-refractivity contribution is 7.71. The van der Waals surface area contributed by atoms with Crippen LogP contribution < -0.4 is 0 Å². The second-order valence-electron chi connectivity index (χ2n) is 5.88. The molecule has 2 N–H and O–H groups in total. The molecule has 6 nitrogen and oxygen atoms in total. The molecule has 0 amide bonds. The van der Waals surface area contributed by atoms with Gasteiger partial charge in [-0.3, -0.25) is 9.67 Å². The van der Waals surface area contributed by atoms with Gasteiger partial charge in [0.15, 0.2) is 10.6 Å². The number of aromatic hydroxyl groups is 1. The minimum Gasteiger partial charge on any atom is -0.507 e. The number of H-pyrrole nitrogens is 1. The molecule has 0 unspecified atom stereocenters. The van der Waals surface area contributed by atoms with E-state index in [-0.39, 0.29) is 5.75 Å². The Hall–Kier alpha value is -3.19. The number of rotatable bonds is 4. The summed E-state index contributed by atoms with van der Waals surface area (Å²) >= 11 is 5.42. The molecule has 0 spiro atoms. The van der Waals surface area contributed by atoms with Crippen LogP contribution in [0, 0.1) is 4.77 Å². The second kappa shape index (κ2) is 6.61. The predicted molar refractivity (Wildman–Crippen MR) is 102 cm³/mol. The van der Waals surface area contributed by atoms with E-state index in [1.807, 2.05) is 51.7 Å². The normalized spacial score (nSPS) is 11.0. The zero-order valence-corrected chi connectivity index (χ0v) is 14.9. The van der Waals surface area contributed by atoms with E-state index in [0.29, 0.717) is 16.2 Å². The van der Waals surface area contributed by atoms with Gasteiger partial charge in [-0.25, -0.2) is 4.98 Å². The Labute approximate surface area is 155 Å². The third-order valence-electron chi connectivity index (χ3n) is 4.29. The van der Waals surface area contributed by atoms with E-state index < -0.39 is 0 Å². The van der Waals surface area contributed by atoms with Crippen molar-refractivity contribution in [2.75, 3.05) is 0 Å². The number of phenols is 1. The van der Waals surface area contributed by atoms with E-state index in [1.54, 1.807) is 18.6 Å². The van der Waals surface area contributed by atoms with Gasteiger partial charge in [-0.1, -0.05) is 13.0 Å². The maximum atomic E-state index is 10.3. The summed E-state index contributed by atoms with van der Waals surface area (Å²) in [6.45, 7) is 2.07. The van der Waals surface area contributed by atoms with Crippen molar-refractivity contribution in [3.63, 3.8) is 0 Å². The van der Waals surface area contributed by atoms with Crippen LogP contribution in [-0.4, -0.2) is 29.4 Å². The number of aryl methyl sites for hydroxylation is 1.